The van der Waals surface area contributed by atoms with Gasteiger partial charge in [0.2, 0.25) is 23.3 Å². The average molecular weight is 1050 g/mol. The van der Waals surface area contributed by atoms with Crippen molar-refractivity contribution in [3.8, 4) is 0 Å². The predicted molar refractivity (Wildman–Crippen MR) is 205 cm³/mol. The minimum Gasteiger partial charge on any atom is -0.356 e. The van der Waals surface area contributed by atoms with Crippen LogP contribution in [-0.2, 0) is 4.87 Å². The molecule has 0 saturated carbocycles. The largest absolute Gasteiger partial charge is 0.356 e. The molecule has 0 fully saturated rings. The highest BCUT2D eigenvalue weighted by atomic mass is 35.5. The monoisotopic (exact) mass is 1040 g/mol. The van der Waals surface area contributed by atoms with Crippen LogP contribution in [0.2, 0.25) is 0 Å². The molecule has 0 spiro atoms. The number of hydrogen-bond donors (Lipinski definition) is 2. The first kappa shape index (κ1) is 48.0. The van der Waals surface area contributed by atoms with E-state index in [2.05, 4.69) is 20.0 Å². The van der Waals surface area contributed by atoms with Gasteiger partial charge in [0.15, 0.2) is 103 Å². The molecule has 6 aromatic rings. The Morgan fingerprint density at radius 1 is 0.371 bits per heavy atom. The Kier molecular flexibility index (Phi) is 11.1. The molecule has 2 aromatic heterocycles. The normalized spacial score (nSPS) is 18.8. The van der Waals surface area contributed by atoms with Crippen LogP contribution in [0.5, 0.6) is 0 Å². The lowest BCUT2D eigenvalue weighted by Crippen LogP contribution is -2.43. The highest BCUT2D eigenvalue weighted by Gasteiger charge is 2.58. The minimum atomic E-state index is -3.77. The van der Waals surface area contributed by atoms with Gasteiger partial charge in [-0.3, -0.25) is 4.99 Å². The van der Waals surface area contributed by atoms with Crippen LogP contribution in [0.4, 0.5) is 87.8 Å². The van der Waals surface area contributed by atoms with Crippen LogP contribution in [-0.4, -0.2) is 26.4 Å². The van der Waals surface area contributed by atoms with Gasteiger partial charge in [0.25, 0.3) is 0 Å². The van der Waals surface area contributed by atoms with Crippen LogP contribution in [0.25, 0.3) is 16.7 Å². The number of H-pyrrole nitrogens is 2. The molecule has 8 bridgehead atoms. The fraction of sp³-hybridized carbons (Fsp3) is 0.0455. The SMILES string of the molecule is Fc1c(F)c(F)c(C2=C3C=CC(=N3)C(c3c(F)c(F)c(F)c(F)c3F)=c3ccc([nH]3)=C(c3c(F)c(F)c(F)c(F)c3F)c3ccc([nH]3)[C@](Cl)(c3c(F)c(F)c(F)c(F)c3F)[C@@]3(Cl)C=CC2=N3)c(F)c1F. The van der Waals surface area contributed by atoms with Gasteiger partial charge in [-0.05, 0) is 48.6 Å². The molecule has 0 radical (unpaired) electrons. The molecule has 0 unspecified atom stereocenters. The van der Waals surface area contributed by atoms with E-state index >= 15 is 52.7 Å². The molecule has 70 heavy (non-hydrogen) atoms. The van der Waals surface area contributed by atoms with E-state index in [1.807, 2.05) is 0 Å². The van der Waals surface area contributed by atoms with Crippen molar-refractivity contribution >= 4 is 51.3 Å². The van der Waals surface area contributed by atoms with Crippen molar-refractivity contribution in [3.63, 3.8) is 0 Å². The number of alkyl halides is 2. The van der Waals surface area contributed by atoms with E-state index in [9.17, 15) is 35.1 Å². The van der Waals surface area contributed by atoms with Crippen LogP contribution >= 0.6 is 23.2 Å². The maximum Gasteiger partial charge on any atom is 0.200 e. The van der Waals surface area contributed by atoms with Crippen molar-refractivity contribution in [1.29, 1.82) is 0 Å². The van der Waals surface area contributed by atoms with Crippen molar-refractivity contribution in [2.75, 3.05) is 0 Å². The number of aromatic amines is 2. The number of aliphatic imine (C=N–C) groups is 2. The Hall–Kier alpha value is -7.08. The summed E-state index contributed by atoms with van der Waals surface area (Å²) < 4.78 is 305. The number of halogens is 22. The lowest BCUT2D eigenvalue weighted by molar-refractivity contribution is 0.356. The van der Waals surface area contributed by atoms with Crippen molar-refractivity contribution in [2.24, 2.45) is 9.98 Å². The third kappa shape index (κ3) is 6.47. The van der Waals surface area contributed by atoms with E-state index in [1.165, 1.54) is 0 Å². The molecule has 4 nitrogen and oxygen atoms in total. The zero-order valence-electron chi connectivity index (χ0n) is 32.8. The first-order chi connectivity index (χ1) is 32.8. The zero-order chi connectivity index (χ0) is 51.1. The number of rotatable bonds is 4. The number of nitrogens with one attached hydrogen (secondary N) is 2. The van der Waals surface area contributed by atoms with Gasteiger partial charge < -0.3 is 9.97 Å². The molecule has 3 aliphatic heterocycles. The Morgan fingerprint density at radius 3 is 1.21 bits per heavy atom. The highest BCUT2D eigenvalue weighted by Crippen LogP contribution is 2.55. The topological polar surface area (TPSA) is 56.3 Å². The summed E-state index contributed by atoms with van der Waals surface area (Å²) >= 11 is 13.8. The molecule has 2 atom stereocenters. The number of benzene rings is 4. The summed E-state index contributed by atoms with van der Waals surface area (Å²) in [6.07, 6.45) is 1.90. The number of fused-ring (bicyclic) bond motifs is 6. The maximum absolute atomic E-state index is 16.1. The second-order valence-corrected chi connectivity index (χ2v) is 16.0. The number of aromatic nitrogens is 2. The van der Waals surface area contributed by atoms with Crippen LogP contribution in [0.15, 0.2) is 64.3 Å². The number of nitrogens with zero attached hydrogens (tertiary/aromatic N) is 2. The Labute approximate surface area is 383 Å². The zero-order valence-corrected chi connectivity index (χ0v) is 34.3. The molecular weight excluding hydrogens is 1040 g/mol. The van der Waals surface area contributed by atoms with Gasteiger partial charge in [-0.1, -0.05) is 11.6 Å². The first-order valence-corrected chi connectivity index (χ1v) is 19.5. The number of hydrogen-bond acceptors (Lipinski definition) is 2. The molecule has 4 aromatic carbocycles. The lowest BCUT2D eigenvalue weighted by atomic mass is 9.86. The molecule has 0 amide bonds. The Bertz CT molecular complexity index is 3600. The van der Waals surface area contributed by atoms with E-state index < -0.39 is 204 Å². The van der Waals surface area contributed by atoms with Crippen molar-refractivity contribution in [3.05, 3.63) is 215 Å². The summed E-state index contributed by atoms with van der Waals surface area (Å²) in [5.74, 6) is -54.0. The van der Waals surface area contributed by atoms with Crippen molar-refractivity contribution < 1.29 is 87.8 Å². The van der Waals surface area contributed by atoms with Crippen LogP contribution in [0.3, 0.4) is 0 Å². The molecule has 2 N–H and O–H groups in total. The summed E-state index contributed by atoms with van der Waals surface area (Å²) in [5.41, 5.74) is -17.8. The molecule has 5 heterocycles. The average Bonchev–Trinajstić information content (AvgIpc) is 4.19. The Balaban J connectivity index is 1.55. The highest BCUT2D eigenvalue weighted by molar-refractivity contribution is 6.41. The summed E-state index contributed by atoms with van der Waals surface area (Å²) in [6, 6.07) is 2.23. The van der Waals surface area contributed by atoms with Gasteiger partial charge in [-0.2, -0.15) is 0 Å². The quantitative estimate of drug-likeness (QED) is 0.0581. The fourth-order valence-electron chi connectivity index (χ4n) is 7.92. The van der Waals surface area contributed by atoms with Crippen LogP contribution in [0.1, 0.15) is 33.6 Å². The van der Waals surface area contributed by atoms with E-state index in [0.717, 1.165) is 0 Å². The predicted octanol–water partition coefficient (Wildman–Crippen LogP) is 11.4. The van der Waals surface area contributed by atoms with Gasteiger partial charge in [-0.15, -0.1) is 11.6 Å². The van der Waals surface area contributed by atoms with Gasteiger partial charge in [-0.25, -0.2) is 92.8 Å². The summed E-state index contributed by atoms with van der Waals surface area (Å²) in [7, 11) is 0. The summed E-state index contributed by atoms with van der Waals surface area (Å²) in [5, 5.41) is -1.97. The minimum absolute atomic E-state index is 0.376. The van der Waals surface area contributed by atoms with E-state index in [4.69, 9.17) is 23.2 Å². The standard InChI is InChI=1S/C44H10Cl2F20N4/c45-43-8-7-14(70-43)18(21-27(51)35(59)41(65)36(60)28(21)52)12-4-3-10(68-12)16(19-23(47)31(55)39(63)32(56)24(19)48)9-1-2-11(67-9)17(20-25(49)33(57)40(64)34(58)26(20)50)13-5-6-15(69-13)44(43,46)22-29(53)37(61)42(66)38(62)30(22)54/h1-8,67,69H/t43-,44+/m1/s1. The second kappa shape index (κ2) is 16.2. The van der Waals surface area contributed by atoms with Gasteiger partial charge >= 0.3 is 0 Å². The van der Waals surface area contributed by atoms with Gasteiger partial charge in [0.05, 0.1) is 39.4 Å². The Morgan fingerprint density at radius 2 is 0.757 bits per heavy atom. The molecular formula is C44H10Cl2F20N4. The summed E-state index contributed by atoms with van der Waals surface area (Å²) in [6.45, 7) is 0. The van der Waals surface area contributed by atoms with Crippen molar-refractivity contribution in [2.45, 2.75) is 9.87 Å². The van der Waals surface area contributed by atoms with Crippen molar-refractivity contribution in [1.82, 2.24) is 9.97 Å². The molecule has 0 saturated heterocycles. The van der Waals surface area contributed by atoms with Gasteiger partial charge in [0, 0.05) is 38.8 Å². The lowest BCUT2D eigenvalue weighted by Gasteiger charge is -2.37. The van der Waals surface area contributed by atoms with E-state index in [1.54, 1.807) is 0 Å². The molecule has 360 valence electrons. The van der Waals surface area contributed by atoms with E-state index in [-0.39, 0.29) is 0 Å². The number of allylic oxidation sites excluding steroid dienone is 4. The first-order valence-electron chi connectivity index (χ1n) is 18.7. The smallest absolute Gasteiger partial charge is 0.200 e. The molecule has 3 aliphatic rings. The van der Waals surface area contributed by atoms with E-state index in [0.29, 0.717) is 48.6 Å². The summed E-state index contributed by atoms with van der Waals surface area (Å²) in [4.78, 5) is 4.92. The third-order valence-corrected chi connectivity index (χ3v) is 12.4. The maximum atomic E-state index is 16.1. The van der Waals surface area contributed by atoms with Crippen LogP contribution in [0, 0.1) is 116 Å². The fourth-order valence-corrected chi connectivity index (χ4v) is 8.65. The molecule has 0 aliphatic carbocycles. The van der Waals surface area contributed by atoms with Gasteiger partial charge in [0.1, 0.15) is 0 Å². The van der Waals surface area contributed by atoms with Crippen LogP contribution < -0.4 is 10.7 Å². The molecule has 9 rings (SSSR count). The molecule has 26 heteroatoms. The third-order valence-electron chi connectivity index (χ3n) is 11.1. The second-order valence-electron chi connectivity index (χ2n) is 14.9.